The molecule has 0 aliphatic rings. The number of amides is 1. The Bertz CT molecular complexity index is 523. The number of hydrogen-bond donors (Lipinski definition) is 0. The summed E-state index contributed by atoms with van der Waals surface area (Å²) in [5.41, 5.74) is 0. The topological polar surface area (TPSA) is 38.1 Å². The molecule has 0 unspecified atom stereocenters. The standard InChI is InChI=1S/C12H14BrN3OS/c1-9(16-5-3-4-14-16)12(17)15(2)7-11-6-10(13)8-18-11/h3-6,8-9H,7H2,1-2H3/t9-/m1/s1. The molecule has 1 atom stereocenters. The number of nitrogens with zero attached hydrogens (tertiary/aromatic N) is 3. The third-order valence-corrected chi connectivity index (χ3v) is 4.35. The van der Waals surface area contributed by atoms with Gasteiger partial charge < -0.3 is 4.90 Å². The zero-order chi connectivity index (χ0) is 13.1. The quantitative estimate of drug-likeness (QED) is 0.865. The maximum atomic E-state index is 12.2. The lowest BCUT2D eigenvalue weighted by molar-refractivity contribution is -0.133. The Hall–Kier alpha value is -1.14. The monoisotopic (exact) mass is 327 g/mol. The van der Waals surface area contributed by atoms with Crippen LogP contribution in [0.1, 0.15) is 17.8 Å². The molecule has 0 radical (unpaired) electrons. The molecule has 0 saturated heterocycles. The zero-order valence-electron chi connectivity index (χ0n) is 10.2. The first kappa shape index (κ1) is 13.3. The van der Waals surface area contributed by atoms with Gasteiger partial charge in [0, 0.05) is 34.2 Å². The van der Waals surface area contributed by atoms with E-state index in [1.165, 1.54) is 0 Å². The van der Waals surface area contributed by atoms with Gasteiger partial charge in [-0.25, -0.2) is 0 Å². The normalized spacial score (nSPS) is 12.4. The third-order valence-electron chi connectivity index (χ3n) is 2.67. The Morgan fingerprint density at radius 1 is 1.67 bits per heavy atom. The van der Waals surface area contributed by atoms with Crippen molar-refractivity contribution in [2.45, 2.75) is 19.5 Å². The first-order valence-corrected chi connectivity index (χ1v) is 7.22. The van der Waals surface area contributed by atoms with Gasteiger partial charge in [0.15, 0.2) is 0 Å². The third kappa shape index (κ3) is 3.00. The molecule has 1 amide bonds. The predicted molar refractivity (Wildman–Crippen MR) is 75.4 cm³/mol. The Morgan fingerprint density at radius 3 is 3.00 bits per heavy atom. The molecule has 2 heterocycles. The average molecular weight is 328 g/mol. The van der Waals surface area contributed by atoms with Crippen molar-refractivity contribution < 1.29 is 4.79 Å². The van der Waals surface area contributed by atoms with Gasteiger partial charge in [-0.1, -0.05) is 0 Å². The van der Waals surface area contributed by atoms with Gasteiger partial charge in [-0.2, -0.15) is 5.10 Å². The summed E-state index contributed by atoms with van der Waals surface area (Å²) in [4.78, 5) is 15.1. The van der Waals surface area contributed by atoms with Gasteiger partial charge in [-0.3, -0.25) is 9.48 Å². The maximum Gasteiger partial charge on any atom is 0.247 e. The summed E-state index contributed by atoms with van der Waals surface area (Å²) in [6, 6.07) is 3.58. The minimum absolute atomic E-state index is 0.0585. The van der Waals surface area contributed by atoms with Crippen molar-refractivity contribution in [1.29, 1.82) is 0 Å². The summed E-state index contributed by atoms with van der Waals surface area (Å²) in [6.45, 7) is 2.48. The highest BCUT2D eigenvalue weighted by Gasteiger charge is 2.19. The van der Waals surface area contributed by atoms with Crippen LogP contribution in [-0.2, 0) is 11.3 Å². The fraction of sp³-hybridized carbons (Fsp3) is 0.333. The van der Waals surface area contributed by atoms with Crippen molar-refractivity contribution in [3.63, 3.8) is 0 Å². The van der Waals surface area contributed by atoms with Crippen LogP contribution < -0.4 is 0 Å². The van der Waals surface area contributed by atoms with Crippen LogP contribution in [0.15, 0.2) is 34.4 Å². The van der Waals surface area contributed by atoms with Crippen molar-refractivity contribution in [1.82, 2.24) is 14.7 Å². The van der Waals surface area contributed by atoms with Crippen molar-refractivity contribution in [3.8, 4) is 0 Å². The molecule has 0 fully saturated rings. The fourth-order valence-corrected chi connectivity index (χ4v) is 3.19. The van der Waals surface area contributed by atoms with Crippen LogP contribution >= 0.6 is 27.3 Å². The number of hydrogen-bond acceptors (Lipinski definition) is 3. The van der Waals surface area contributed by atoms with Gasteiger partial charge in [-0.15, -0.1) is 11.3 Å². The number of rotatable bonds is 4. The molecule has 96 valence electrons. The second-order valence-corrected chi connectivity index (χ2v) is 6.00. The van der Waals surface area contributed by atoms with Gasteiger partial charge in [0.1, 0.15) is 6.04 Å². The number of carbonyl (C=O) groups is 1. The molecular weight excluding hydrogens is 314 g/mol. The van der Waals surface area contributed by atoms with Crippen LogP contribution in [0.5, 0.6) is 0 Å². The minimum atomic E-state index is -0.270. The molecule has 0 aromatic carbocycles. The summed E-state index contributed by atoms with van der Waals surface area (Å²) in [5, 5.41) is 6.11. The number of halogens is 1. The molecule has 2 aromatic rings. The average Bonchev–Trinajstić information content (AvgIpc) is 2.98. The number of aromatic nitrogens is 2. The van der Waals surface area contributed by atoms with Crippen LogP contribution in [0, 0.1) is 0 Å². The van der Waals surface area contributed by atoms with Crippen LogP contribution in [0.3, 0.4) is 0 Å². The van der Waals surface area contributed by atoms with Crippen molar-refractivity contribution in [3.05, 3.63) is 39.3 Å². The molecule has 2 rings (SSSR count). The molecule has 4 nitrogen and oxygen atoms in total. The lowest BCUT2D eigenvalue weighted by Gasteiger charge is -2.21. The summed E-state index contributed by atoms with van der Waals surface area (Å²) in [5.74, 6) is 0.0585. The summed E-state index contributed by atoms with van der Waals surface area (Å²) in [7, 11) is 1.82. The highest BCUT2D eigenvalue weighted by atomic mass is 79.9. The number of carbonyl (C=O) groups excluding carboxylic acids is 1. The van der Waals surface area contributed by atoms with Gasteiger partial charge in [0.05, 0.1) is 6.54 Å². The molecule has 0 bridgehead atoms. The SMILES string of the molecule is C[C@H](C(=O)N(C)Cc1cc(Br)cs1)n1cccn1. The molecule has 0 aliphatic carbocycles. The molecule has 0 spiro atoms. The number of likely N-dealkylation sites (N-methyl/N-ethyl adjacent to an activating group) is 1. The van der Waals surface area contributed by atoms with Gasteiger partial charge in [0.2, 0.25) is 5.91 Å². The van der Waals surface area contributed by atoms with E-state index in [9.17, 15) is 4.79 Å². The smallest absolute Gasteiger partial charge is 0.247 e. The Kier molecular flexibility index (Phi) is 4.19. The lowest BCUT2D eigenvalue weighted by atomic mass is 10.3. The van der Waals surface area contributed by atoms with Crippen molar-refractivity contribution in [2.75, 3.05) is 7.05 Å². The van der Waals surface area contributed by atoms with E-state index in [0.29, 0.717) is 6.54 Å². The van der Waals surface area contributed by atoms with E-state index in [1.807, 2.05) is 31.5 Å². The van der Waals surface area contributed by atoms with E-state index in [4.69, 9.17) is 0 Å². The molecule has 0 saturated carbocycles. The van der Waals surface area contributed by atoms with E-state index in [0.717, 1.165) is 9.35 Å². The summed E-state index contributed by atoms with van der Waals surface area (Å²) in [6.07, 6.45) is 3.48. The first-order chi connectivity index (χ1) is 8.58. The van der Waals surface area contributed by atoms with E-state index in [1.54, 1.807) is 33.3 Å². The van der Waals surface area contributed by atoms with E-state index < -0.39 is 0 Å². The molecule has 2 aromatic heterocycles. The van der Waals surface area contributed by atoms with Gasteiger partial charge >= 0.3 is 0 Å². The molecule has 0 aliphatic heterocycles. The highest BCUT2D eigenvalue weighted by molar-refractivity contribution is 9.10. The molecule has 18 heavy (non-hydrogen) atoms. The van der Waals surface area contributed by atoms with Crippen molar-refractivity contribution >= 4 is 33.2 Å². The van der Waals surface area contributed by atoms with Gasteiger partial charge in [0.25, 0.3) is 0 Å². The first-order valence-electron chi connectivity index (χ1n) is 5.55. The second kappa shape index (κ2) is 5.67. The Morgan fingerprint density at radius 2 is 2.44 bits per heavy atom. The van der Waals surface area contributed by atoms with E-state index >= 15 is 0 Å². The zero-order valence-corrected chi connectivity index (χ0v) is 12.6. The van der Waals surface area contributed by atoms with Crippen LogP contribution in [0.25, 0.3) is 0 Å². The Labute approximate surface area is 118 Å². The molecular formula is C12H14BrN3OS. The van der Waals surface area contributed by atoms with Crippen LogP contribution in [0.4, 0.5) is 0 Å². The van der Waals surface area contributed by atoms with Crippen LogP contribution in [0.2, 0.25) is 0 Å². The van der Waals surface area contributed by atoms with E-state index in [-0.39, 0.29) is 11.9 Å². The van der Waals surface area contributed by atoms with E-state index in [2.05, 4.69) is 21.0 Å². The largest absolute Gasteiger partial charge is 0.339 e. The highest BCUT2D eigenvalue weighted by Crippen LogP contribution is 2.21. The fourth-order valence-electron chi connectivity index (χ4n) is 1.69. The Balaban J connectivity index is 2.00. The lowest BCUT2D eigenvalue weighted by Crippen LogP contribution is -2.32. The van der Waals surface area contributed by atoms with Crippen LogP contribution in [-0.4, -0.2) is 27.6 Å². The van der Waals surface area contributed by atoms with Crippen molar-refractivity contribution in [2.24, 2.45) is 0 Å². The minimum Gasteiger partial charge on any atom is -0.339 e. The molecule has 0 N–H and O–H groups in total. The second-order valence-electron chi connectivity index (χ2n) is 4.09. The number of thiophene rings is 1. The summed E-state index contributed by atoms with van der Waals surface area (Å²) >= 11 is 5.05. The maximum absolute atomic E-state index is 12.2. The summed E-state index contributed by atoms with van der Waals surface area (Å²) < 4.78 is 2.73. The van der Waals surface area contributed by atoms with Gasteiger partial charge in [-0.05, 0) is 35.0 Å². The molecule has 6 heteroatoms. The predicted octanol–water partition coefficient (Wildman–Crippen LogP) is 2.93.